The van der Waals surface area contributed by atoms with Crippen molar-refractivity contribution in [1.29, 1.82) is 0 Å². The molecule has 0 radical (unpaired) electrons. The van der Waals surface area contributed by atoms with Crippen LogP contribution in [0.5, 0.6) is 0 Å². The molecule has 0 fully saturated rings. The lowest BCUT2D eigenvalue weighted by Gasteiger charge is -2.05. The molecule has 0 aliphatic heterocycles. The zero-order valence-corrected chi connectivity index (χ0v) is 14.4. The molecule has 0 unspecified atom stereocenters. The smallest absolute Gasteiger partial charge is 0.181 e. The molecule has 0 aliphatic rings. The number of nitrogens with zero attached hydrogens (tertiary/aromatic N) is 1. The second-order valence-electron chi connectivity index (χ2n) is 5.39. The fraction of sp³-hybridized carbons (Fsp3) is 0.118. The molecule has 0 bridgehead atoms. The number of nitrogens with two attached hydrogens (primary N) is 1. The second-order valence-corrected chi connectivity index (χ2v) is 8.44. The van der Waals surface area contributed by atoms with Crippen molar-refractivity contribution in [1.82, 2.24) is 4.98 Å². The fourth-order valence-corrected chi connectivity index (χ4v) is 3.78. The molecule has 0 atom stereocenters. The van der Waals surface area contributed by atoms with E-state index in [1.54, 1.807) is 24.3 Å². The van der Waals surface area contributed by atoms with Crippen LogP contribution in [0.25, 0.3) is 21.7 Å². The first-order chi connectivity index (χ1) is 10.8. The van der Waals surface area contributed by atoms with Gasteiger partial charge in [0.05, 0.1) is 15.5 Å². The third-order valence-electron chi connectivity index (χ3n) is 3.51. The van der Waals surface area contributed by atoms with Crippen molar-refractivity contribution < 1.29 is 8.42 Å². The van der Waals surface area contributed by atoms with Crippen molar-refractivity contribution in [2.45, 2.75) is 11.8 Å². The van der Waals surface area contributed by atoms with Crippen LogP contribution in [0.2, 0.25) is 0 Å². The van der Waals surface area contributed by atoms with E-state index in [4.69, 9.17) is 5.73 Å². The third-order valence-corrected chi connectivity index (χ3v) is 5.58. The molecule has 1 aromatic heterocycles. The van der Waals surface area contributed by atoms with Gasteiger partial charge in [0.15, 0.2) is 15.0 Å². The number of aryl methyl sites for hydroxylation is 1. The largest absolute Gasteiger partial charge is 0.375 e. The number of aromatic nitrogens is 1. The number of rotatable bonds is 3. The Morgan fingerprint density at radius 1 is 0.957 bits per heavy atom. The first-order valence-corrected chi connectivity index (χ1v) is 9.69. The average Bonchev–Trinajstić information content (AvgIpc) is 2.89. The topological polar surface area (TPSA) is 73.0 Å². The molecular formula is C17H16N2O2S2. The predicted octanol–water partition coefficient (Wildman–Crippen LogP) is 3.77. The van der Waals surface area contributed by atoms with E-state index in [9.17, 15) is 8.42 Å². The van der Waals surface area contributed by atoms with Crippen LogP contribution in [0.1, 0.15) is 5.56 Å². The summed E-state index contributed by atoms with van der Waals surface area (Å²) < 4.78 is 23.2. The second kappa shape index (κ2) is 5.79. The number of nitrogen functional groups attached to an aromatic ring is 1. The monoisotopic (exact) mass is 344 g/mol. The molecule has 2 N–H and O–H groups in total. The Balaban J connectivity index is 2.09. The van der Waals surface area contributed by atoms with Crippen LogP contribution in [0.4, 0.5) is 5.13 Å². The Bertz CT molecular complexity index is 941. The highest BCUT2D eigenvalue weighted by atomic mass is 32.2. The van der Waals surface area contributed by atoms with Gasteiger partial charge in [-0.15, -0.1) is 0 Å². The summed E-state index contributed by atoms with van der Waals surface area (Å²) in [6.07, 6.45) is 1.20. The third kappa shape index (κ3) is 3.28. The Kier molecular flexibility index (Phi) is 3.95. The summed E-state index contributed by atoms with van der Waals surface area (Å²) >= 11 is 1.40. The van der Waals surface area contributed by atoms with Crippen LogP contribution in [-0.4, -0.2) is 19.7 Å². The highest BCUT2D eigenvalue weighted by Crippen LogP contribution is 2.38. The number of anilines is 1. The minimum atomic E-state index is -3.20. The highest BCUT2D eigenvalue weighted by Gasteiger charge is 2.15. The predicted molar refractivity (Wildman–Crippen MR) is 95.2 cm³/mol. The lowest BCUT2D eigenvalue weighted by Crippen LogP contribution is -1.96. The van der Waals surface area contributed by atoms with Crippen LogP contribution < -0.4 is 5.73 Å². The Morgan fingerprint density at radius 3 is 2.09 bits per heavy atom. The summed E-state index contributed by atoms with van der Waals surface area (Å²) in [6, 6.07) is 14.9. The normalized spacial score (nSPS) is 11.6. The van der Waals surface area contributed by atoms with Gasteiger partial charge in [-0.1, -0.05) is 53.3 Å². The number of benzene rings is 2. The van der Waals surface area contributed by atoms with Crippen molar-refractivity contribution in [3.63, 3.8) is 0 Å². The van der Waals surface area contributed by atoms with Gasteiger partial charge in [0.2, 0.25) is 0 Å². The molecule has 3 rings (SSSR count). The van der Waals surface area contributed by atoms with Crippen LogP contribution in [0, 0.1) is 6.92 Å². The summed E-state index contributed by atoms with van der Waals surface area (Å²) in [6.45, 7) is 2.03. The molecule has 118 valence electrons. The van der Waals surface area contributed by atoms with E-state index in [1.165, 1.54) is 23.2 Å². The van der Waals surface area contributed by atoms with E-state index in [-0.39, 0.29) is 0 Å². The first kappa shape index (κ1) is 15.7. The van der Waals surface area contributed by atoms with Crippen LogP contribution >= 0.6 is 11.3 Å². The van der Waals surface area contributed by atoms with Crippen LogP contribution in [0.15, 0.2) is 53.4 Å². The van der Waals surface area contributed by atoms with Crippen molar-refractivity contribution in [2.75, 3.05) is 12.0 Å². The molecule has 2 aromatic carbocycles. The number of hydrogen-bond acceptors (Lipinski definition) is 5. The van der Waals surface area contributed by atoms with Gasteiger partial charge in [-0.25, -0.2) is 13.4 Å². The molecule has 0 saturated heterocycles. The molecule has 0 aliphatic carbocycles. The van der Waals surface area contributed by atoms with Crippen molar-refractivity contribution in [3.8, 4) is 21.7 Å². The number of sulfone groups is 1. The zero-order chi connectivity index (χ0) is 16.6. The van der Waals surface area contributed by atoms with E-state index in [2.05, 4.69) is 4.98 Å². The molecule has 6 heteroatoms. The first-order valence-electron chi connectivity index (χ1n) is 6.98. The van der Waals surface area contributed by atoms with E-state index in [1.807, 2.05) is 31.2 Å². The van der Waals surface area contributed by atoms with Crippen LogP contribution in [0.3, 0.4) is 0 Å². The molecular weight excluding hydrogens is 328 g/mol. The summed E-state index contributed by atoms with van der Waals surface area (Å²) in [5.41, 5.74) is 9.79. The highest BCUT2D eigenvalue weighted by molar-refractivity contribution is 7.90. The Hall–Kier alpha value is -2.18. The van der Waals surface area contributed by atoms with Gasteiger partial charge in [-0.3, -0.25) is 0 Å². The Morgan fingerprint density at radius 2 is 1.52 bits per heavy atom. The number of hydrogen-bond donors (Lipinski definition) is 1. The van der Waals surface area contributed by atoms with E-state index >= 15 is 0 Å². The maximum absolute atomic E-state index is 11.6. The SMILES string of the molecule is Cc1ccc(-c2nc(N)sc2-c2ccc(S(C)(=O)=O)cc2)cc1. The van der Waals surface area contributed by atoms with Gasteiger partial charge in [-0.2, -0.15) is 0 Å². The molecule has 0 amide bonds. The van der Waals surface area contributed by atoms with Gasteiger partial charge in [0.25, 0.3) is 0 Å². The molecule has 0 saturated carbocycles. The molecule has 4 nitrogen and oxygen atoms in total. The lowest BCUT2D eigenvalue weighted by atomic mass is 10.1. The Labute approximate surface area is 139 Å². The number of thiazole rings is 1. The summed E-state index contributed by atoms with van der Waals surface area (Å²) in [5.74, 6) is 0. The van der Waals surface area contributed by atoms with Crippen molar-refractivity contribution >= 4 is 26.3 Å². The fourth-order valence-electron chi connectivity index (χ4n) is 2.29. The zero-order valence-electron chi connectivity index (χ0n) is 12.8. The standard InChI is InChI=1S/C17H16N2O2S2/c1-11-3-5-12(6-4-11)15-16(22-17(18)19-15)13-7-9-14(10-8-13)23(2,20)21/h3-10H,1-2H3,(H2,18,19). The average molecular weight is 344 g/mol. The minimum Gasteiger partial charge on any atom is -0.375 e. The molecule has 0 spiro atoms. The van der Waals surface area contributed by atoms with Gasteiger partial charge >= 0.3 is 0 Å². The van der Waals surface area contributed by atoms with Gasteiger partial charge in [0.1, 0.15) is 0 Å². The molecule has 3 aromatic rings. The van der Waals surface area contributed by atoms with E-state index in [0.29, 0.717) is 10.0 Å². The molecule has 23 heavy (non-hydrogen) atoms. The van der Waals surface area contributed by atoms with Crippen molar-refractivity contribution in [3.05, 3.63) is 54.1 Å². The molecule has 1 heterocycles. The maximum Gasteiger partial charge on any atom is 0.181 e. The van der Waals surface area contributed by atoms with Crippen LogP contribution in [-0.2, 0) is 9.84 Å². The summed E-state index contributed by atoms with van der Waals surface area (Å²) in [5, 5.41) is 0.489. The van der Waals surface area contributed by atoms with Gasteiger partial charge < -0.3 is 5.73 Å². The summed E-state index contributed by atoms with van der Waals surface area (Å²) in [7, 11) is -3.20. The minimum absolute atomic E-state index is 0.302. The van der Waals surface area contributed by atoms with Gasteiger partial charge in [-0.05, 0) is 24.6 Å². The van der Waals surface area contributed by atoms with Crippen molar-refractivity contribution in [2.24, 2.45) is 0 Å². The quantitative estimate of drug-likeness (QED) is 0.785. The maximum atomic E-state index is 11.6. The van der Waals surface area contributed by atoms with Gasteiger partial charge in [0, 0.05) is 11.8 Å². The van der Waals surface area contributed by atoms with E-state index < -0.39 is 9.84 Å². The lowest BCUT2D eigenvalue weighted by molar-refractivity contribution is 0.602. The van der Waals surface area contributed by atoms with E-state index in [0.717, 1.165) is 21.7 Å². The summed E-state index contributed by atoms with van der Waals surface area (Å²) in [4.78, 5) is 5.67.